The quantitative estimate of drug-likeness (QED) is 0.868. The Bertz CT molecular complexity index is 687. The molecule has 116 valence electrons. The van der Waals surface area contributed by atoms with Crippen molar-refractivity contribution in [2.45, 2.75) is 19.8 Å². The largest absolute Gasteiger partial charge is 0.443 e. The molecule has 3 rings (SSSR count). The molecule has 2 heterocycles. The fourth-order valence-electron chi connectivity index (χ4n) is 2.70. The highest BCUT2D eigenvalue weighted by Gasteiger charge is 2.24. The Morgan fingerprint density at radius 1 is 1.18 bits per heavy atom. The highest BCUT2D eigenvalue weighted by Crippen LogP contribution is 2.16. The van der Waals surface area contributed by atoms with Crippen LogP contribution in [0.5, 0.6) is 0 Å². The number of oxazole rings is 1. The number of nitrogens with zero attached hydrogens (tertiary/aromatic N) is 3. The van der Waals surface area contributed by atoms with Crippen LogP contribution in [0.25, 0.3) is 11.1 Å². The Hall–Kier alpha value is -2.37. The average molecular weight is 301 g/mol. The number of rotatable bonds is 3. The molecule has 0 aliphatic carbocycles. The van der Waals surface area contributed by atoms with Crippen LogP contribution in [-0.2, 0) is 4.79 Å². The number of hydrogen-bond acceptors (Lipinski definition) is 4. The van der Waals surface area contributed by atoms with Gasteiger partial charge in [-0.05, 0) is 24.6 Å². The van der Waals surface area contributed by atoms with Crippen LogP contribution >= 0.6 is 0 Å². The standard InChI is InChI=1S/C16H19N3O3/c1-2-3-15(20)18-6-8-19(9-7-18)16(21)12-4-5-13-14(10-12)22-11-17-13/h4-5,10-11H,2-3,6-9H2,1H3. The molecule has 1 aromatic heterocycles. The molecule has 22 heavy (non-hydrogen) atoms. The second-order valence-electron chi connectivity index (χ2n) is 5.46. The highest BCUT2D eigenvalue weighted by molar-refractivity contribution is 5.97. The number of carbonyl (C=O) groups excluding carboxylic acids is 2. The molecule has 6 nitrogen and oxygen atoms in total. The third-order valence-corrected chi connectivity index (χ3v) is 3.96. The fourth-order valence-corrected chi connectivity index (χ4v) is 2.70. The first kappa shape index (κ1) is 14.6. The third-order valence-electron chi connectivity index (χ3n) is 3.96. The molecule has 0 spiro atoms. The minimum Gasteiger partial charge on any atom is -0.443 e. The molecule has 0 radical (unpaired) electrons. The molecule has 6 heteroatoms. The van der Waals surface area contributed by atoms with Crippen molar-refractivity contribution < 1.29 is 14.0 Å². The molecule has 0 saturated carbocycles. The molecule has 1 aliphatic rings. The van der Waals surface area contributed by atoms with E-state index in [1.54, 1.807) is 23.1 Å². The van der Waals surface area contributed by atoms with Gasteiger partial charge in [-0.15, -0.1) is 0 Å². The average Bonchev–Trinajstić information content (AvgIpc) is 3.02. The second-order valence-corrected chi connectivity index (χ2v) is 5.46. The number of piperazine rings is 1. The van der Waals surface area contributed by atoms with Crippen LogP contribution < -0.4 is 0 Å². The van der Waals surface area contributed by atoms with E-state index in [1.807, 2.05) is 11.8 Å². The summed E-state index contributed by atoms with van der Waals surface area (Å²) < 4.78 is 5.24. The van der Waals surface area contributed by atoms with Crippen LogP contribution in [0, 0.1) is 0 Å². The molecule has 1 aromatic carbocycles. The van der Waals surface area contributed by atoms with Crippen LogP contribution in [0.4, 0.5) is 0 Å². The fraction of sp³-hybridized carbons (Fsp3) is 0.438. The van der Waals surface area contributed by atoms with Crippen LogP contribution in [0.2, 0.25) is 0 Å². The van der Waals surface area contributed by atoms with E-state index in [0.29, 0.717) is 43.7 Å². The summed E-state index contributed by atoms with van der Waals surface area (Å²) in [5, 5.41) is 0. The number of hydrogen-bond donors (Lipinski definition) is 0. The summed E-state index contributed by atoms with van der Waals surface area (Å²) >= 11 is 0. The van der Waals surface area contributed by atoms with Gasteiger partial charge in [0.1, 0.15) is 5.52 Å². The Morgan fingerprint density at radius 2 is 1.91 bits per heavy atom. The van der Waals surface area contributed by atoms with Gasteiger partial charge in [-0.25, -0.2) is 4.98 Å². The normalized spacial score (nSPS) is 15.3. The predicted octanol–water partition coefficient (Wildman–Crippen LogP) is 1.91. The summed E-state index contributed by atoms with van der Waals surface area (Å²) in [4.78, 5) is 32.1. The van der Waals surface area contributed by atoms with E-state index in [2.05, 4.69) is 4.98 Å². The molecule has 0 unspecified atom stereocenters. The summed E-state index contributed by atoms with van der Waals surface area (Å²) in [6.45, 7) is 4.35. The Morgan fingerprint density at radius 3 is 2.64 bits per heavy atom. The first-order valence-electron chi connectivity index (χ1n) is 7.59. The maximum atomic E-state index is 12.5. The van der Waals surface area contributed by atoms with Gasteiger partial charge in [-0.3, -0.25) is 9.59 Å². The maximum Gasteiger partial charge on any atom is 0.254 e. The van der Waals surface area contributed by atoms with Gasteiger partial charge >= 0.3 is 0 Å². The number of benzene rings is 1. The van der Waals surface area contributed by atoms with Crippen molar-refractivity contribution in [2.24, 2.45) is 0 Å². The number of fused-ring (bicyclic) bond motifs is 1. The van der Waals surface area contributed by atoms with Crippen LogP contribution in [-0.4, -0.2) is 52.8 Å². The molecule has 1 aliphatic heterocycles. The van der Waals surface area contributed by atoms with E-state index in [4.69, 9.17) is 4.42 Å². The van der Waals surface area contributed by atoms with E-state index in [1.165, 1.54) is 6.39 Å². The van der Waals surface area contributed by atoms with Crippen molar-refractivity contribution in [2.75, 3.05) is 26.2 Å². The van der Waals surface area contributed by atoms with E-state index >= 15 is 0 Å². The van der Waals surface area contributed by atoms with Crippen LogP contribution in [0.15, 0.2) is 29.0 Å². The van der Waals surface area contributed by atoms with Crippen molar-refractivity contribution in [1.29, 1.82) is 0 Å². The van der Waals surface area contributed by atoms with Crippen molar-refractivity contribution in [3.8, 4) is 0 Å². The monoisotopic (exact) mass is 301 g/mol. The summed E-state index contributed by atoms with van der Waals surface area (Å²) in [6.07, 6.45) is 2.81. The lowest BCUT2D eigenvalue weighted by molar-refractivity contribution is -0.132. The van der Waals surface area contributed by atoms with Crippen molar-refractivity contribution >= 4 is 22.9 Å². The lowest BCUT2D eigenvalue weighted by Gasteiger charge is -2.34. The Labute approximate surface area is 128 Å². The van der Waals surface area contributed by atoms with Gasteiger partial charge in [0.05, 0.1) is 0 Å². The van der Waals surface area contributed by atoms with E-state index < -0.39 is 0 Å². The van der Waals surface area contributed by atoms with Gasteiger partial charge in [0.15, 0.2) is 12.0 Å². The van der Waals surface area contributed by atoms with Gasteiger partial charge in [0.2, 0.25) is 5.91 Å². The van der Waals surface area contributed by atoms with Gasteiger partial charge in [-0.2, -0.15) is 0 Å². The zero-order chi connectivity index (χ0) is 15.5. The number of amides is 2. The number of aromatic nitrogens is 1. The molecular formula is C16H19N3O3. The zero-order valence-electron chi connectivity index (χ0n) is 12.6. The van der Waals surface area contributed by atoms with E-state index in [0.717, 1.165) is 11.9 Å². The van der Waals surface area contributed by atoms with Crippen LogP contribution in [0.3, 0.4) is 0 Å². The predicted molar refractivity (Wildman–Crippen MR) is 81.4 cm³/mol. The van der Waals surface area contributed by atoms with Gasteiger partial charge in [0.25, 0.3) is 5.91 Å². The molecule has 0 N–H and O–H groups in total. The third kappa shape index (κ3) is 2.81. The molecule has 1 fully saturated rings. The lowest BCUT2D eigenvalue weighted by atomic mass is 10.1. The van der Waals surface area contributed by atoms with E-state index in [-0.39, 0.29) is 11.8 Å². The smallest absolute Gasteiger partial charge is 0.254 e. The minimum absolute atomic E-state index is 0.0270. The highest BCUT2D eigenvalue weighted by atomic mass is 16.3. The lowest BCUT2D eigenvalue weighted by Crippen LogP contribution is -2.50. The van der Waals surface area contributed by atoms with Crippen LogP contribution in [0.1, 0.15) is 30.1 Å². The summed E-state index contributed by atoms with van der Waals surface area (Å²) in [5.41, 5.74) is 1.95. The van der Waals surface area contributed by atoms with Gasteiger partial charge in [-0.1, -0.05) is 6.92 Å². The molecule has 2 aromatic rings. The first-order valence-corrected chi connectivity index (χ1v) is 7.59. The van der Waals surface area contributed by atoms with Crippen molar-refractivity contribution in [1.82, 2.24) is 14.8 Å². The van der Waals surface area contributed by atoms with Gasteiger partial charge < -0.3 is 14.2 Å². The SMILES string of the molecule is CCCC(=O)N1CCN(C(=O)c2ccc3ncoc3c2)CC1. The minimum atomic E-state index is -0.0270. The molecule has 1 saturated heterocycles. The number of carbonyl (C=O) groups is 2. The topological polar surface area (TPSA) is 66.7 Å². The Kier molecular flexibility index (Phi) is 4.09. The summed E-state index contributed by atoms with van der Waals surface area (Å²) in [6, 6.07) is 5.27. The molecule has 2 amide bonds. The first-order chi connectivity index (χ1) is 10.7. The Balaban J connectivity index is 1.65. The molecule has 0 bridgehead atoms. The summed E-state index contributed by atoms with van der Waals surface area (Å²) in [7, 11) is 0. The van der Waals surface area contributed by atoms with E-state index in [9.17, 15) is 9.59 Å². The zero-order valence-corrected chi connectivity index (χ0v) is 12.6. The van der Waals surface area contributed by atoms with Gasteiger partial charge in [0, 0.05) is 38.2 Å². The second kappa shape index (κ2) is 6.17. The maximum absolute atomic E-state index is 12.5. The molecule has 0 atom stereocenters. The van der Waals surface area contributed by atoms with Crippen molar-refractivity contribution in [3.05, 3.63) is 30.2 Å². The van der Waals surface area contributed by atoms with Crippen molar-refractivity contribution in [3.63, 3.8) is 0 Å². The summed E-state index contributed by atoms with van der Waals surface area (Å²) in [5.74, 6) is 0.151. The molecular weight excluding hydrogens is 282 g/mol.